The lowest BCUT2D eigenvalue weighted by Crippen LogP contribution is -2.08. The van der Waals surface area contributed by atoms with E-state index in [1.807, 2.05) is 37.3 Å². The van der Waals surface area contributed by atoms with Crippen LogP contribution in [0.5, 0.6) is 0 Å². The molecule has 0 aliphatic rings. The van der Waals surface area contributed by atoms with Crippen LogP contribution in [0.4, 0.5) is 0 Å². The summed E-state index contributed by atoms with van der Waals surface area (Å²) in [5, 5.41) is 12.3. The highest BCUT2D eigenvalue weighted by atomic mass is 79.9. The molecule has 2 heteroatoms. The van der Waals surface area contributed by atoms with Crippen LogP contribution < -0.4 is 0 Å². The molecule has 0 heterocycles. The van der Waals surface area contributed by atoms with E-state index in [0.717, 1.165) is 10.9 Å². The van der Waals surface area contributed by atoms with Crippen LogP contribution in [-0.2, 0) is 0 Å². The topological polar surface area (TPSA) is 20.2 Å². The molecular formula is C13H13BrO. The van der Waals surface area contributed by atoms with E-state index < -0.39 is 6.10 Å². The van der Waals surface area contributed by atoms with Gasteiger partial charge in [-0.2, -0.15) is 0 Å². The molecule has 1 N–H and O–H groups in total. The van der Waals surface area contributed by atoms with Crippen LogP contribution in [0.15, 0.2) is 42.5 Å². The van der Waals surface area contributed by atoms with Crippen LogP contribution in [0.3, 0.4) is 0 Å². The maximum absolute atomic E-state index is 10.0. The monoisotopic (exact) mass is 264 g/mol. The predicted octanol–water partition coefficient (Wildman–Crippen LogP) is 3.66. The summed E-state index contributed by atoms with van der Waals surface area (Å²) in [4.78, 5) is 0.0586. The zero-order valence-corrected chi connectivity index (χ0v) is 10.1. The lowest BCUT2D eigenvalue weighted by atomic mass is 9.99. The van der Waals surface area contributed by atoms with E-state index in [9.17, 15) is 5.11 Å². The third kappa shape index (κ3) is 2.06. The summed E-state index contributed by atoms with van der Waals surface area (Å²) in [5.74, 6) is 0. The maximum atomic E-state index is 10.0. The number of halogens is 1. The van der Waals surface area contributed by atoms with E-state index >= 15 is 0 Å². The Hall–Kier alpha value is -0.860. The first kappa shape index (κ1) is 10.7. The summed E-state index contributed by atoms with van der Waals surface area (Å²) >= 11 is 3.41. The summed E-state index contributed by atoms with van der Waals surface area (Å²) in [6.45, 7) is 1.95. The first-order valence-electron chi connectivity index (χ1n) is 5.00. The number of benzene rings is 2. The van der Waals surface area contributed by atoms with Crippen molar-refractivity contribution in [3.8, 4) is 0 Å². The number of hydrogen-bond donors (Lipinski definition) is 1. The van der Waals surface area contributed by atoms with Crippen LogP contribution in [0, 0.1) is 0 Å². The standard InChI is InChI=1S/C13H13BrO/c1-9(14)13(15)12-8-4-6-10-5-2-3-7-11(10)12/h2-9,13,15H,1H3. The number of hydrogen-bond acceptors (Lipinski definition) is 1. The molecule has 0 saturated carbocycles. The second-order valence-corrected chi connectivity index (χ2v) is 5.14. The van der Waals surface area contributed by atoms with E-state index in [0.29, 0.717) is 0 Å². The largest absolute Gasteiger partial charge is 0.387 e. The van der Waals surface area contributed by atoms with Crippen molar-refractivity contribution in [2.75, 3.05) is 0 Å². The molecule has 0 fully saturated rings. The Balaban J connectivity index is 2.60. The molecule has 1 nitrogen and oxygen atoms in total. The second-order valence-electron chi connectivity index (χ2n) is 3.69. The van der Waals surface area contributed by atoms with Gasteiger partial charge < -0.3 is 5.11 Å². The van der Waals surface area contributed by atoms with Crippen LogP contribution in [0.2, 0.25) is 0 Å². The highest BCUT2D eigenvalue weighted by Crippen LogP contribution is 2.28. The summed E-state index contributed by atoms with van der Waals surface area (Å²) in [6, 6.07) is 14.1. The van der Waals surface area contributed by atoms with Crippen molar-refractivity contribution in [3.05, 3.63) is 48.0 Å². The molecule has 0 bridgehead atoms. The Morgan fingerprint density at radius 2 is 1.73 bits per heavy atom. The lowest BCUT2D eigenvalue weighted by Gasteiger charge is -2.15. The van der Waals surface area contributed by atoms with Crippen LogP contribution in [-0.4, -0.2) is 9.93 Å². The molecule has 0 aliphatic heterocycles. The fourth-order valence-corrected chi connectivity index (χ4v) is 2.04. The fraction of sp³-hybridized carbons (Fsp3) is 0.231. The molecule has 0 aliphatic carbocycles. The Morgan fingerprint density at radius 1 is 1.07 bits per heavy atom. The van der Waals surface area contributed by atoms with Crippen molar-refractivity contribution in [3.63, 3.8) is 0 Å². The minimum absolute atomic E-state index is 0.0586. The van der Waals surface area contributed by atoms with Gasteiger partial charge in [0.2, 0.25) is 0 Å². The maximum Gasteiger partial charge on any atom is 0.0918 e. The van der Waals surface area contributed by atoms with Crippen molar-refractivity contribution in [2.45, 2.75) is 17.9 Å². The summed E-state index contributed by atoms with van der Waals surface area (Å²) in [5.41, 5.74) is 0.984. The van der Waals surface area contributed by atoms with Crippen molar-refractivity contribution >= 4 is 26.7 Å². The zero-order chi connectivity index (χ0) is 10.8. The van der Waals surface area contributed by atoms with Crippen LogP contribution in [0.1, 0.15) is 18.6 Å². The molecule has 78 valence electrons. The predicted molar refractivity (Wildman–Crippen MR) is 67.3 cm³/mol. The van der Waals surface area contributed by atoms with Gasteiger partial charge in [-0.1, -0.05) is 58.4 Å². The molecule has 2 unspecified atom stereocenters. The van der Waals surface area contributed by atoms with Gasteiger partial charge in [-0.15, -0.1) is 0 Å². The first-order valence-corrected chi connectivity index (χ1v) is 5.91. The third-order valence-electron chi connectivity index (χ3n) is 2.58. The quantitative estimate of drug-likeness (QED) is 0.821. The molecule has 2 aromatic rings. The Labute approximate surface area is 97.9 Å². The van der Waals surface area contributed by atoms with E-state index in [1.165, 1.54) is 5.39 Å². The summed E-state index contributed by atoms with van der Waals surface area (Å²) in [6.07, 6.45) is -0.462. The average Bonchev–Trinajstić information content (AvgIpc) is 2.27. The minimum Gasteiger partial charge on any atom is -0.387 e. The molecular weight excluding hydrogens is 252 g/mol. The molecule has 0 amide bonds. The van der Waals surface area contributed by atoms with Crippen molar-refractivity contribution in [1.82, 2.24) is 0 Å². The van der Waals surface area contributed by atoms with Gasteiger partial charge in [0, 0.05) is 4.83 Å². The van der Waals surface area contributed by atoms with Gasteiger partial charge in [0.05, 0.1) is 6.10 Å². The van der Waals surface area contributed by atoms with Gasteiger partial charge in [-0.3, -0.25) is 0 Å². The molecule has 0 radical (unpaired) electrons. The summed E-state index contributed by atoms with van der Waals surface area (Å²) in [7, 11) is 0. The normalized spacial score (nSPS) is 15.1. The molecule has 2 aromatic carbocycles. The third-order valence-corrected chi connectivity index (χ3v) is 3.08. The first-order chi connectivity index (χ1) is 7.20. The Bertz CT molecular complexity index is 460. The Kier molecular flexibility index (Phi) is 3.08. The highest BCUT2D eigenvalue weighted by Gasteiger charge is 2.15. The van der Waals surface area contributed by atoms with E-state index in [1.54, 1.807) is 0 Å². The van der Waals surface area contributed by atoms with E-state index in [-0.39, 0.29) is 4.83 Å². The van der Waals surface area contributed by atoms with Gasteiger partial charge in [0.25, 0.3) is 0 Å². The smallest absolute Gasteiger partial charge is 0.0918 e. The number of aliphatic hydroxyl groups is 1. The summed E-state index contributed by atoms with van der Waals surface area (Å²) < 4.78 is 0. The highest BCUT2D eigenvalue weighted by molar-refractivity contribution is 9.09. The number of rotatable bonds is 2. The fourth-order valence-electron chi connectivity index (χ4n) is 1.76. The van der Waals surface area contributed by atoms with E-state index in [4.69, 9.17) is 0 Å². The van der Waals surface area contributed by atoms with Gasteiger partial charge in [0.15, 0.2) is 0 Å². The van der Waals surface area contributed by atoms with Gasteiger partial charge >= 0.3 is 0 Å². The lowest BCUT2D eigenvalue weighted by molar-refractivity contribution is 0.183. The van der Waals surface area contributed by atoms with Crippen molar-refractivity contribution < 1.29 is 5.11 Å². The number of alkyl halides is 1. The van der Waals surface area contributed by atoms with Gasteiger partial charge in [-0.05, 0) is 23.3 Å². The van der Waals surface area contributed by atoms with Crippen molar-refractivity contribution in [1.29, 1.82) is 0 Å². The van der Waals surface area contributed by atoms with E-state index in [2.05, 4.69) is 28.1 Å². The SMILES string of the molecule is CC(Br)C(O)c1cccc2ccccc12. The van der Waals surface area contributed by atoms with Gasteiger partial charge in [-0.25, -0.2) is 0 Å². The molecule has 2 atom stereocenters. The molecule has 2 rings (SSSR count). The average molecular weight is 265 g/mol. The molecule has 0 spiro atoms. The molecule has 0 aromatic heterocycles. The van der Waals surface area contributed by atoms with Crippen LogP contribution >= 0.6 is 15.9 Å². The zero-order valence-electron chi connectivity index (χ0n) is 8.52. The van der Waals surface area contributed by atoms with Gasteiger partial charge in [0.1, 0.15) is 0 Å². The Morgan fingerprint density at radius 3 is 2.47 bits per heavy atom. The molecule has 15 heavy (non-hydrogen) atoms. The second kappa shape index (κ2) is 4.33. The van der Waals surface area contributed by atoms with Crippen molar-refractivity contribution in [2.24, 2.45) is 0 Å². The minimum atomic E-state index is -0.462. The van der Waals surface area contributed by atoms with Crippen LogP contribution in [0.25, 0.3) is 10.8 Å². The number of fused-ring (bicyclic) bond motifs is 1. The number of aliphatic hydroxyl groups excluding tert-OH is 1. The molecule has 0 saturated heterocycles.